The normalized spacial score (nSPS) is 10.9. The third-order valence-electron chi connectivity index (χ3n) is 2.03. The van der Waals surface area contributed by atoms with Crippen LogP contribution in [0.5, 0.6) is 0 Å². The summed E-state index contributed by atoms with van der Waals surface area (Å²) in [6.07, 6.45) is 13.0. The molecular formula is C12H24N. The summed E-state index contributed by atoms with van der Waals surface area (Å²) >= 11 is 0. The zero-order chi connectivity index (χ0) is 9.78. The Morgan fingerprint density at radius 2 is 2.00 bits per heavy atom. The van der Waals surface area contributed by atoms with Gasteiger partial charge in [-0.1, -0.05) is 52.0 Å². The quantitative estimate of drug-likeness (QED) is 0.536. The zero-order valence-electron chi connectivity index (χ0n) is 9.02. The smallest absolute Gasteiger partial charge is 0.0141 e. The van der Waals surface area contributed by atoms with Crippen LogP contribution in [0.15, 0.2) is 12.3 Å². The summed E-state index contributed by atoms with van der Waals surface area (Å²) in [5.41, 5.74) is 0. The summed E-state index contributed by atoms with van der Waals surface area (Å²) in [4.78, 5) is 0. The molecule has 0 fully saturated rings. The van der Waals surface area contributed by atoms with Gasteiger partial charge in [0.15, 0.2) is 0 Å². The lowest BCUT2D eigenvalue weighted by Gasteiger charge is -1.99. The number of unbranched alkanes of at least 4 members (excludes halogenated alkanes) is 5. The van der Waals surface area contributed by atoms with E-state index in [4.69, 9.17) is 0 Å². The van der Waals surface area contributed by atoms with Gasteiger partial charge in [0.1, 0.15) is 0 Å². The summed E-state index contributed by atoms with van der Waals surface area (Å²) in [5.74, 6) is 0. The molecule has 0 saturated heterocycles. The number of allylic oxidation sites excluding steroid dienone is 1. The molecule has 0 aliphatic rings. The summed E-state index contributed by atoms with van der Waals surface area (Å²) in [5, 5.41) is 3.30. The van der Waals surface area contributed by atoms with E-state index in [0.29, 0.717) is 0 Å². The van der Waals surface area contributed by atoms with Crippen molar-refractivity contribution in [1.82, 2.24) is 5.32 Å². The van der Waals surface area contributed by atoms with Gasteiger partial charge in [0.05, 0.1) is 0 Å². The maximum atomic E-state index is 3.82. The van der Waals surface area contributed by atoms with Crippen LogP contribution in [0.4, 0.5) is 0 Å². The standard InChI is InChI=1S/C12H24N/c1-3-5-7-9-11-13-12-10-8-6-4-2/h10,12-13H,1,3-9,11H2,2H3. The van der Waals surface area contributed by atoms with Crippen LogP contribution in [0, 0.1) is 6.92 Å². The van der Waals surface area contributed by atoms with Crippen molar-refractivity contribution in [2.45, 2.75) is 51.9 Å². The average Bonchev–Trinajstić information content (AvgIpc) is 2.16. The van der Waals surface area contributed by atoms with Crippen molar-refractivity contribution in [2.24, 2.45) is 0 Å². The molecule has 0 bridgehead atoms. The molecule has 77 valence electrons. The van der Waals surface area contributed by atoms with Gasteiger partial charge in [-0.2, -0.15) is 0 Å². The van der Waals surface area contributed by atoms with Crippen molar-refractivity contribution in [3.05, 3.63) is 19.2 Å². The van der Waals surface area contributed by atoms with Crippen LogP contribution < -0.4 is 5.32 Å². The van der Waals surface area contributed by atoms with Crippen LogP contribution in [0.2, 0.25) is 0 Å². The minimum absolute atomic E-state index is 1.08. The Morgan fingerprint density at radius 3 is 2.69 bits per heavy atom. The van der Waals surface area contributed by atoms with Gasteiger partial charge in [-0.05, 0) is 19.0 Å². The molecule has 0 aromatic rings. The molecule has 13 heavy (non-hydrogen) atoms. The highest BCUT2D eigenvalue weighted by Crippen LogP contribution is 1.97. The highest BCUT2D eigenvalue weighted by Gasteiger charge is 1.84. The van der Waals surface area contributed by atoms with Crippen LogP contribution in [-0.4, -0.2) is 6.54 Å². The van der Waals surface area contributed by atoms with Gasteiger partial charge in [0.25, 0.3) is 0 Å². The first-order valence-corrected chi connectivity index (χ1v) is 5.59. The molecule has 0 rings (SSSR count). The van der Waals surface area contributed by atoms with Gasteiger partial charge in [0.2, 0.25) is 0 Å². The Bertz CT molecular complexity index is 108. The monoisotopic (exact) mass is 182 g/mol. The molecule has 0 aromatic heterocycles. The maximum absolute atomic E-state index is 3.82. The average molecular weight is 182 g/mol. The predicted octanol–water partition coefficient (Wildman–Crippen LogP) is 3.67. The van der Waals surface area contributed by atoms with E-state index in [1.54, 1.807) is 0 Å². The van der Waals surface area contributed by atoms with E-state index in [-0.39, 0.29) is 0 Å². The second-order valence-corrected chi connectivity index (χ2v) is 3.41. The van der Waals surface area contributed by atoms with Gasteiger partial charge in [-0.3, -0.25) is 0 Å². The van der Waals surface area contributed by atoms with Crippen LogP contribution in [0.1, 0.15) is 51.9 Å². The molecule has 0 atom stereocenters. The lowest BCUT2D eigenvalue weighted by molar-refractivity contribution is 0.659. The van der Waals surface area contributed by atoms with Gasteiger partial charge in [-0.15, -0.1) is 0 Å². The fraction of sp³-hybridized carbons (Fsp3) is 0.750. The molecule has 0 saturated carbocycles. The number of hydrogen-bond acceptors (Lipinski definition) is 1. The number of rotatable bonds is 9. The highest BCUT2D eigenvalue weighted by atomic mass is 14.8. The predicted molar refractivity (Wildman–Crippen MR) is 60.5 cm³/mol. The molecule has 1 radical (unpaired) electrons. The summed E-state index contributed by atoms with van der Waals surface area (Å²) in [6, 6.07) is 0. The van der Waals surface area contributed by atoms with E-state index in [9.17, 15) is 0 Å². The lowest BCUT2D eigenvalue weighted by Crippen LogP contribution is -2.06. The maximum Gasteiger partial charge on any atom is 0.0141 e. The molecule has 0 unspecified atom stereocenters. The molecule has 0 aliphatic carbocycles. The van der Waals surface area contributed by atoms with E-state index < -0.39 is 0 Å². The molecule has 0 aromatic carbocycles. The first-order valence-electron chi connectivity index (χ1n) is 5.59. The molecule has 0 heterocycles. The SMILES string of the molecule is [CH2]CCCCCNC=CCCCC. The second kappa shape index (κ2) is 11.5. The molecular weight excluding hydrogens is 158 g/mol. The Balaban J connectivity index is 2.93. The third-order valence-corrected chi connectivity index (χ3v) is 2.03. The largest absolute Gasteiger partial charge is 0.391 e. The van der Waals surface area contributed by atoms with Crippen LogP contribution >= 0.6 is 0 Å². The Kier molecular flexibility index (Phi) is 11.1. The fourth-order valence-corrected chi connectivity index (χ4v) is 1.15. The Labute approximate surface area is 83.6 Å². The van der Waals surface area contributed by atoms with Crippen molar-refractivity contribution >= 4 is 0 Å². The second-order valence-electron chi connectivity index (χ2n) is 3.41. The van der Waals surface area contributed by atoms with Gasteiger partial charge in [0, 0.05) is 6.54 Å². The lowest BCUT2D eigenvalue weighted by atomic mass is 10.2. The van der Waals surface area contributed by atoms with E-state index >= 15 is 0 Å². The Hall–Kier alpha value is -0.460. The minimum Gasteiger partial charge on any atom is -0.391 e. The van der Waals surface area contributed by atoms with Gasteiger partial charge < -0.3 is 5.32 Å². The first kappa shape index (κ1) is 12.5. The van der Waals surface area contributed by atoms with E-state index in [2.05, 4.69) is 31.4 Å². The molecule has 1 N–H and O–H groups in total. The van der Waals surface area contributed by atoms with Crippen LogP contribution in [-0.2, 0) is 0 Å². The summed E-state index contributed by atoms with van der Waals surface area (Å²) in [7, 11) is 0. The minimum atomic E-state index is 1.08. The van der Waals surface area contributed by atoms with E-state index in [0.717, 1.165) is 13.0 Å². The molecule has 0 aliphatic heterocycles. The van der Waals surface area contributed by atoms with Crippen LogP contribution in [0.3, 0.4) is 0 Å². The van der Waals surface area contributed by atoms with E-state index in [1.165, 1.54) is 38.5 Å². The highest BCUT2D eigenvalue weighted by molar-refractivity contribution is 4.78. The fourth-order valence-electron chi connectivity index (χ4n) is 1.15. The van der Waals surface area contributed by atoms with Crippen molar-refractivity contribution in [3.8, 4) is 0 Å². The van der Waals surface area contributed by atoms with Gasteiger partial charge >= 0.3 is 0 Å². The Morgan fingerprint density at radius 1 is 1.15 bits per heavy atom. The molecule has 1 nitrogen and oxygen atoms in total. The van der Waals surface area contributed by atoms with Crippen molar-refractivity contribution in [2.75, 3.05) is 6.54 Å². The van der Waals surface area contributed by atoms with Crippen molar-refractivity contribution < 1.29 is 0 Å². The molecule has 0 amide bonds. The zero-order valence-corrected chi connectivity index (χ0v) is 9.02. The topological polar surface area (TPSA) is 12.0 Å². The number of nitrogens with one attached hydrogen (secondary N) is 1. The van der Waals surface area contributed by atoms with Crippen molar-refractivity contribution in [3.63, 3.8) is 0 Å². The number of hydrogen-bond donors (Lipinski definition) is 1. The van der Waals surface area contributed by atoms with E-state index in [1.807, 2.05) is 0 Å². The first-order chi connectivity index (χ1) is 6.41. The summed E-state index contributed by atoms with van der Waals surface area (Å²) in [6.45, 7) is 7.15. The molecule has 1 heteroatoms. The summed E-state index contributed by atoms with van der Waals surface area (Å²) < 4.78 is 0. The van der Waals surface area contributed by atoms with Gasteiger partial charge in [-0.25, -0.2) is 0 Å². The van der Waals surface area contributed by atoms with Crippen molar-refractivity contribution in [1.29, 1.82) is 0 Å². The van der Waals surface area contributed by atoms with Crippen LogP contribution in [0.25, 0.3) is 0 Å². The third kappa shape index (κ3) is 11.5. The molecule has 0 spiro atoms.